The Morgan fingerprint density at radius 1 is 1.24 bits per heavy atom. The molecule has 6 heteroatoms. The molecule has 1 fully saturated rings. The normalized spacial score (nSPS) is 15.0. The van der Waals surface area contributed by atoms with Crippen molar-refractivity contribution in [3.05, 3.63) is 46.6 Å². The van der Waals surface area contributed by atoms with Gasteiger partial charge in [0.05, 0.1) is 5.69 Å². The quantitative estimate of drug-likeness (QED) is 0.743. The Balaban J connectivity index is 0.00000225. The van der Waals surface area contributed by atoms with Gasteiger partial charge >= 0.3 is 0 Å². The summed E-state index contributed by atoms with van der Waals surface area (Å²) in [6.45, 7) is 2.22. The minimum atomic E-state index is 0. The molecular formula is C19H27Cl2N3O. The molecule has 1 aromatic carbocycles. The summed E-state index contributed by atoms with van der Waals surface area (Å²) in [5, 5.41) is 8.63. The lowest BCUT2D eigenvalue weighted by Gasteiger charge is -2.22. The van der Waals surface area contributed by atoms with Gasteiger partial charge in [-0.1, -0.05) is 43.0 Å². The largest absolute Gasteiger partial charge is 0.473 e. The molecule has 1 saturated carbocycles. The Bertz CT molecular complexity index is 654. The van der Waals surface area contributed by atoms with Crippen LogP contribution in [0, 0.1) is 5.92 Å². The minimum absolute atomic E-state index is 0. The van der Waals surface area contributed by atoms with Crippen molar-refractivity contribution in [3.63, 3.8) is 0 Å². The van der Waals surface area contributed by atoms with Crippen LogP contribution in [0.3, 0.4) is 0 Å². The van der Waals surface area contributed by atoms with Gasteiger partial charge in [0.1, 0.15) is 6.61 Å². The predicted molar refractivity (Wildman–Crippen MR) is 105 cm³/mol. The molecule has 4 nitrogen and oxygen atoms in total. The number of ether oxygens (including phenoxy) is 1. The first-order valence-electron chi connectivity index (χ1n) is 8.83. The van der Waals surface area contributed by atoms with E-state index in [2.05, 4.69) is 5.32 Å². The van der Waals surface area contributed by atoms with Crippen LogP contribution in [-0.4, -0.2) is 16.8 Å². The SMILES string of the molecule is CNCc1cc(OCc2cccc(Cl)c2)n(CC2CCCCC2)n1.Cl. The molecule has 138 valence electrons. The Morgan fingerprint density at radius 3 is 2.76 bits per heavy atom. The molecule has 0 unspecified atom stereocenters. The molecule has 1 aromatic heterocycles. The number of aromatic nitrogens is 2. The molecule has 3 rings (SSSR count). The molecule has 1 N–H and O–H groups in total. The van der Waals surface area contributed by atoms with Crippen LogP contribution in [0.15, 0.2) is 30.3 Å². The van der Waals surface area contributed by atoms with E-state index in [-0.39, 0.29) is 12.4 Å². The van der Waals surface area contributed by atoms with Gasteiger partial charge in [-0.25, -0.2) is 4.68 Å². The third-order valence-electron chi connectivity index (χ3n) is 4.58. The summed E-state index contributed by atoms with van der Waals surface area (Å²) in [5.41, 5.74) is 2.09. The van der Waals surface area contributed by atoms with Crippen molar-refractivity contribution in [2.75, 3.05) is 7.05 Å². The number of hydrogen-bond donors (Lipinski definition) is 1. The van der Waals surface area contributed by atoms with E-state index in [4.69, 9.17) is 21.4 Å². The lowest BCUT2D eigenvalue weighted by atomic mass is 9.89. The summed E-state index contributed by atoms with van der Waals surface area (Å²) < 4.78 is 8.11. The van der Waals surface area contributed by atoms with Crippen molar-refractivity contribution in [1.29, 1.82) is 0 Å². The van der Waals surface area contributed by atoms with Crippen LogP contribution in [0.25, 0.3) is 0 Å². The fourth-order valence-corrected chi connectivity index (χ4v) is 3.58. The van der Waals surface area contributed by atoms with Gasteiger partial charge in [0.15, 0.2) is 0 Å². The molecule has 25 heavy (non-hydrogen) atoms. The maximum absolute atomic E-state index is 6.06. The second-order valence-corrected chi connectivity index (χ2v) is 7.05. The van der Waals surface area contributed by atoms with E-state index in [1.165, 1.54) is 32.1 Å². The van der Waals surface area contributed by atoms with Crippen LogP contribution in [0.4, 0.5) is 0 Å². The van der Waals surface area contributed by atoms with Crippen molar-refractivity contribution in [1.82, 2.24) is 15.1 Å². The van der Waals surface area contributed by atoms with Crippen LogP contribution in [0.1, 0.15) is 43.4 Å². The third kappa shape index (κ3) is 5.91. The zero-order valence-corrected chi connectivity index (χ0v) is 16.3. The third-order valence-corrected chi connectivity index (χ3v) is 4.82. The summed E-state index contributed by atoms with van der Waals surface area (Å²) in [6.07, 6.45) is 6.66. The van der Waals surface area contributed by atoms with Gasteiger partial charge in [-0.05, 0) is 43.5 Å². The fraction of sp³-hybridized carbons (Fsp3) is 0.526. The molecular weight excluding hydrogens is 357 g/mol. The summed E-state index contributed by atoms with van der Waals surface area (Å²) in [4.78, 5) is 0. The van der Waals surface area contributed by atoms with E-state index < -0.39 is 0 Å². The van der Waals surface area contributed by atoms with E-state index in [0.717, 1.165) is 41.2 Å². The lowest BCUT2D eigenvalue weighted by Crippen LogP contribution is -2.16. The maximum atomic E-state index is 6.06. The van der Waals surface area contributed by atoms with E-state index in [1.807, 2.05) is 42.1 Å². The van der Waals surface area contributed by atoms with Crippen molar-refractivity contribution in [3.8, 4) is 5.88 Å². The first kappa shape index (κ1) is 20.1. The van der Waals surface area contributed by atoms with Gasteiger partial charge in [-0.3, -0.25) is 0 Å². The summed E-state index contributed by atoms with van der Waals surface area (Å²) in [5.74, 6) is 1.57. The molecule has 0 amide bonds. The summed E-state index contributed by atoms with van der Waals surface area (Å²) in [7, 11) is 1.94. The highest BCUT2D eigenvalue weighted by atomic mass is 35.5. The molecule has 1 aliphatic carbocycles. The summed E-state index contributed by atoms with van der Waals surface area (Å²) >= 11 is 6.05. The van der Waals surface area contributed by atoms with Crippen molar-refractivity contribution in [2.45, 2.75) is 51.8 Å². The molecule has 0 radical (unpaired) electrons. The molecule has 2 aromatic rings. The molecule has 0 saturated heterocycles. The Hall–Kier alpha value is -1.23. The molecule has 0 bridgehead atoms. The van der Waals surface area contributed by atoms with Crippen LogP contribution in [0.5, 0.6) is 5.88 Å². The highest BCUT2D eigenvalue weighted by Crippen LogP contribution is 2.27. The zero-order valence-electron chi connectivity index (χ0n) is 14.7. The van der Waals surface area contributed by atoms with Crippen molar-refractivity contribution in [2.24, 2.45) is 5.92 Å². The zero-order chi connectivity index (χ0) is 16.8. The molecule has 0 aliphatic heterocycles. The molecule has 1 aliphatic rings. The van der Waals surface area contributed by atoms with Gasteiger partial charge in [0.2, 0.25) is 5.88 Å². The average Bonchev–Trinajstić information content (AvgIpc) is 2.96. The lowest BCUT2D eigenvalue weighted by molar-refractivity contribution is 0.245. The fourth-order valence-electron chi connectivity index (χ4n) is 3.36. The second kappa shape index (κ2) is 10.0. The Kier molecular flexibility index (Phi) is 8.07. The Labute approximate surface area is 161 Å². The number of benzene rings is 1. The van der Waals surface area contributed by atoms with Gasteiger partial charge < -0.3 is 10.1 Å². The van der Waals surface area contributed by atoms with Crippen molar-refractivity contribution < 1.29 is 4.74 Å². The number of nitrogens with zero attached hydrogens (tertiary/aromatic N) is 2. The van der Waals surface area contributed by atoms with Gasteiger partial charge in [0.25, 0.3) is 0 Å². The number of halogens is 2. The number of rotatable bonds is 7. The minimum Gasteiger partial charge on any atom is -0.473 e. The summed E-state index contributed by atoms with van der Waals surface area (Å²) in [6, 6.07) is 9.85. The number of hydrogen-bond acceptors (Lipinski definition) is 3. The van der Waals surface area contributed by atoms with E-state index in [1.54, 1.807) is 0 Å². The van der Waals surface area contributed by atoms with Crippen molar-refractivity contribution >= 4 is 24.0 Å². The van der Waals surface area contributed by atoms with Gasteiger partial charge in [-0.15, -0.1) is 12.4 Å². The number of nitrogens with one attached hydrogen (secondary N) is 1. The van der Waals surface area contributed by atoms with Gasteiger partial charge in [0, 0.05) is 24.2 Å². The van der Waals surface area contributed by atoms with Crippen LogP contribution < -0.4 is 10.1 Å². The first-order chi connectivity index (χ1) is 11.7. The second-order valence-electron chi connectivity index (χ2n) is 6.61. The van der Waals surface area contributed by atoms with E-state index in [9.17, 15) is 0 Å². The highest BCUT2D eigenvalue weighted by molar-refractivity contribution is 6.30. The van der Waals surface area contributed by atoms with Crippen LogP contribution in [-0.2, 0) is 19.7 Å². The Morgan fingerprint density at radius 2 is 2.04 bits per heavy atom. The molecule has 0 spiro atoms. The van der Waals surface area contributed by atoms with Gasteiger partial charge in [-0.2, -0.15) is 5.10 Å². The van der Waals surface area contributed by atoms with E-state index >= 15 is 0 Å². The molecule has 1 heterocycles. The molecule has 0 atom stereocenters. The standard InChI is InChI=1S/C19H26ClN3O.ClH/c1-21-12-18-11-19(24-14-16-8-5-9-17(20)10-16)23(22-18)13-15-6-3-2-4-7-15;/h5,8-11,15,21H,2-4,6-7,12-14H2,1H3;1H. The average molecular weight is 384 g/mol. The monoisotopic (exact) mass is 383 g/mol. The predicted octanol–water partition coefficient (Wildman–Crippen LogP) is 4.84. The van der Waals surface area contributed by atoms with E-state index in [0.29, 0.717) is 6.61 Å². The smallest absolute Gasteiger partial charge is 0.212 e. The highest BCUT2D eigenvalue weighted by Gasteiger charge is 2.17. The first-order valence-corrected chi connectivity index (χ1v) is 9.21. The maximum Gasteiger partial charge on any atom is 0.212 e. The topological polar surface area (TPSA) is 39.1 Å². The van der Waals surface area contributed by atoms with Crippen LogP contribution in [0.2, 0.25) is 5.02 Å². The van der Waals surface area contributed by atoms with Crippen LogP contribution >= 0.6 is 24.0 Å².